The predicted molar refractivity (Wildman–Crippen MR) is 88.9 cm³/mol. The molecule has 2 atom stereocenters. The lowest BCUT2D eigenvalue weighted by Crippen LogP contribution is -2.51. The zero-order valence-corrected chi connectivity index (χ0v) is 14.1. The minimum absolute atomic E-state index is 0.0776. The molecule has 0 saturated heterocycles. The third kappa shape index (κ3) is 3.78. The highest BCUT2D eigenvalue weighted by molar-refractivity contribution is 5.33. The fourth-order valence-corrected chi connectivity index (χ4v) is 2.83. The van der Waals surface area contributed by atoms with Crippen LogP contribution in [0.3, 0.4) is 0 Å². The van der Waals surface area contributed by atoms with Crippen molar-refractivity contribution in [1.82, 2.24) is 10.2 Å². The van der Waals surface area contributed by atoms with Gasteiger partial charge in [0.1, 0.15) is 5.75 Å². The summed E-state index contributed by atoms with van der Waals surface area (Å²) in [5.41, 5.74) is 1.39. The Hall–Kier alpha value is -1.06. The highest BCUT2D eigenvalue weighted by atomic mass is 16.5. The SMILES string of the molecule is CCNC(c1cccc(OC2CC2)c1)C(C)(CC)N(C)C. The van der Waals surface area contributed by atoms with E-state index in [0.29, 0.717) is 12.1 Å². The molecule has 3 nitrogen and oxygen atoms in total. The Balaban J connectivity index is 2.27. The summed E-state index contributed by atoms with van der Waals surface area (Å²) in [5, 5.41) is 3.67. The Labute approximate surface area is 129 Å². The summed E-state index contributed by atoms with van der Waals surface area (Å²) in [5.74, 6) is 1.01. The van der Waals surface area contributed by atoms with Crippen molar-refractivity contribution in [3.8, 4) is 5.75 Å². The van der Waals surface area contributed by atoms with Gasteiger partial charge in [-0.3, -0.25) is 0 Å². The second-order valence-corrected chi connectivity index (χ2v) is 6.49. The van der Waals surface area contributed by atoms with Gasteiger partial charge < -0.3 is 15.0 Å². The Morgan fingerprint density at radius 1 is 1.33 bits per heavy atom. The zero-order chi connectivity index (χ0) is 15.5. The molecule has 1 aromatic carbocycles. The molecule has 0 heterocycles. The second-order valence-electron chi connectivity index (χ2n) is 6.49. The van der Waals surface area contributed by atoms with Crippen molar-refractivity contribution in [2.45, 2.75) is 57.7 Å². The molecule has 0 spiro atoms. The Morgan fingerprint density at radius 2 is 2.05 bits per heavy atom. The van der Waals surface area contributed by atoms with Gasteiger partial charge in [-0.2, -0.15) is 0 Å². The minimum atomic E-state index is 0.0776. The maximum absolute atomic E-state index is 5.96. The molecule has 0 radical (unpaired) electrons. The Kier molecular flexibility index (Phi) is 5.28. The standard InChI is InChI=1S/C18H30N2O/c1-6-18(3,20(4)5)17(19-7-2)14-9-8-10-16(13-14)21-15-11-12-15/h8-10,13,15,17,19H,6-7,11-12H2,1-5H3. The third-order valence-corrected chi connectivity index (χ3v) is 4.79. The first-order valence-electron chi connectivity index (χ1n) is 8.18. The summed E-state index contributed by atoms with van der Waals surface area (Å²) in [7, 11) is 4.33. The van der Waals surface area contributed by atoms with E-state index in [1.54, 1.807) is 0 Å². The molecule has 0 amide bonds. The first-order chi connectivity index (χ1) is 10.0. The number of rotatable bonds is 8. The lowest BCUT2D eigenvalue weighted by Gasteiger charge is -2.43. The fourth-order valence-electron chi connectivity index (χ4n) is 2.83. The average Bonchev–Trinajstić information content (AvgIpc) is 3.28. The van der Waals surface area contributed by atoms with Crippen molar-refractivity contribution in [2.75, 3.05) is 20.6 Å². The summed E-state index contributed by atoms with van der Waals surface area (Å²) < 4.78 is 5.96. The predicted octanol–water partition coefficient (Wildman–Crippen LogP) is 3.61. The number of nitrogens with zero attached hydrogens (tertiary/aromatic N) is 1. The number of hydrogen-bond acceptors (Lipinski definition) is 3. The highest BCUT2D eigenvalue weighted by Crippen LogP contribution is 2.35. The normalized spacial score (nSPS) is 19.3. The van der Waals surface area contributed by atoms with E-state index in [0.717, 1.165) is 18.7 Å². The topological polar surface area (TPSA) is 24.5 Å². The van der Waals surface area contributed by atoms with E-state index >= 15 is 0 Å². The lowest BCUT2D eigenvalue weighted by atomic mass is 9.83. The van der Waals surface area contributed by atoms with Gasteiger partial charge in [-0.1, -0.05) is 26.0 Å². The molecule has 1 N–H and O–H groups in total. The largest absolute Gasteiger partial charge is 0.490 e. The van der Waals surface area contributed by atoms with Gasteiger partial charge in [-0.05, 0) is 64.5 Å². The lowest BCUT2D eigenvalue weighted by molar-refractivity contribution is 0.113. The molecule has 0 aromatic heterocycles. The van der Waals surface area contributed by atoms with E-state index in [-0.39, 0.29) is 5.54 Å². The van der Waals surface area contributed by atoms with Crippen molar-refractivity contribution in [2.24, 2.45) is 0 Å². The molecule has 1 aromatic rings. The van der Waals surface area contributed by atoms with Gasteiger partial charge in [0.2, 0.25) is 0 Å². The quantitative estimate of drug-likeness (QED) is 0.791. The zero-order valence-electron chi connectivity index (χ0n) is 14.1. The van der Waals surface area contributed by atoms with Crippen molar-refractivity contribution >= 4 is 0 Å². The van der Waals surface area contributed by atoms with Crippen LogP contribution in [0.15, 0.2) is 24.3 Å². The second kappa shape index (κ2) is 6.80. The number of hydrogen-bond donors (Lipinski definition) is 1. The highest BCUT2D eigenvalue weighted by Gasteiger charge is 2.35. The van der Waals surface area contributed by atoms with Crippen molar-refractivity contribution in [3.05, 3.63) is 29.8 Å². The summed E-state index contributed by atoms with van der Waals surface area (Å²) in [6.07, 6.45) is 3.94. The molecule has 0 aliphatic heterocycles. The summed E-state index contributed by atoms with van der Waals surface area (Å²) >= 11 is 0. The van der Waals surface area contributed by atoms with Gasteiger partial charge >= 0.3 is 0 Å². The van der Waals surface area contributed by atoms with Crippen LogP contribution >= 0.6 is 0 Å². The number of likely N-dealkylation sites (N-methyl/N-ethyl adjacent to an activating group) is 2. The van der Waals surface area contributed by atoms with Crippen molar-refractivity contribution in [1.29, 1.82) is 0 Å². The molecule has 1 fully saturated rings. The first-order valence-corrected chi connectivity index (χ1v) is 8.18. The maximum Gasteiger partial charge on any atom is 0.120 e. The monoisotopic (exact) mass is 290 g/mol. The minimum Gasteiger partial charge on any atom is -0.490 e. The van der Waals surface area contributed by atoms with Crippen LogP contribution in [0.2, 0.25) is 0 Å². The van der Waals surface area contributed by atoms with E-state index in [4.69, 9.17) is 4.74 Å². The van der Waals surface area contributed by atoms with Crippen molar-refractivity contribution < 1.29 is 4.74 Å². The van der Waals surface area contributed by atoms with Crippen LogP contribution in [0, 0.1) is 0 Å². The molecule has 118 valence electrons. The first kappa shape index (κ1) is 16.3. The van der Waals surface area contributed by atoms with Gasteiger partial charge in [0.25, 0.3) is 0 Å². The number of ether oxygens (including phenoxy) is 1. The molecule has 21 heavy (non-hydrogen) atoms. The molecule has 1 saturated carbocycles. The average molecular weight is 290 g/mol. The number of benzene rings is 1. The number of nitrogens with one attached hydrogen (secondary N) is 1. The van der Waals surface area contributed by atoms with E-state index in [1.807, 2.05) is 0 Å². The van der Waals surface area contributed by atoms with Crippen LogP contribution in [0.1, 0.15) is 51.6 Å². The van der Waals surface area contributed by atoms with Crippen LogP contribution < -0.4 is 10.1 Å². The molecular formula is C18H30N2O. The van der Waals surface area contributed by atoms with Crippen LogP contribution in [0.5, 0.6) is 5.75 Å². The molecule has 1 aliphatic rings. The smallest absolute Gasteiger partial charge is 0.120 e. The van der Waals surface area contributed by atoms with Crippen LogP contribution in [0.25, 0.3) is 0 Å². The maximum atomic E-state index is 5.96. The van der Waals surface area contributed by atoms with Gasteiger partial charge in [-0.15, -0.1) is 0 Å². The third-order valence-electron chi connectivity index (χ3n) is 4.79. The van der Waals surface area contributed by atoms with Gasteiger partial charge in [0.05, 0.1) is 12.1 Å². The molecule has 3 heteroatoms. The Bertz CT molecular complexity index is 456. The summed E-state index contributed by atoms with van der Waals surface area (Å²) in [6.45, 7) is 7.72. The summed E-state index contributed by atoms with van der Waals surface area (Å²) in [6, 6.07) is 8.91. The van der Waals surface area contributed by atoms with Gasteiger partial charge in [0.15, 0.2) is 0 Å². The van der Waals surface area contributed by atoms with Crippen LogP contribution in [0.4, 0.5) is 0 Å². The fraction of sp³-hybridized carbons (Fsp3) is 0.667. The molecular weight excluding hydrogens is 260 g/mol. The molecule has 0 bridgehead atoms. The van der Waals surface area contributed by atoms with E-state index in [9.17, 15) is 0 Å². The van der Waals surface area contributed by atoms with E-state index in [1.165, 1.54) is 18.4 Å². The molecule has 2 rings (SSSR count). The summed E-state index contributed by atoms with van der Waals surface area (Å²) in [4.78, 5) is 2.33. The van der Waals surface area contributed by atoms with E-state index in [2.05, 4.69) is 69.3 Å². The molecule has 2 unspecified atom stereocenters. The Morgan fingerprint density at radius 3 is 2.57 bits per heavy atom. The van der Waals surface area contributed by atoms with Crippen LogP contribution in [-0.4, -0.2) is 37.2 Å². The van der Waals surface area contributed by atoms with Gasteiger partial charge in [0, 0.05) is 5.54 Å². The van der Waals surface area contributed by atoms with Crippen molar-refractivity contribution in [3.63, 3.8) is 0 Å². The van der Waals surface area contributed by atoms with E-state index < -0.39 is 0 Å². The van der Waals surface area contributed by atoms with Gasteiger partial charge in [-0.25, -0.2) is 0 Å². The van der Waals surface area contributed by atoms with Crippen LogP contribution in [-0.2, 0) is 0 Å². The molecule has 1 aliphatic carbocycles.